The van der Waals surface area contributed by atoms with E-state index in [0.29, 0.717) is 17.9 Å². The van der Waals surface area contributed by atoms with Crippen LogP contribution in [0.2, 0.25) is 0 Å². The summed E-state index contributed by atoms with van der Waals surface area (Å²) in [5.74, 6) is 0.876. The summed E-state index contributed by atoms with van der Waals surface area (Å²) in [4.78, 5) is 13.5. The third-order valence-electron chi connectivity index (χ3n) is 9.68. The van der Waals surface area contributed by atoms with E-state index in [-0.39, 0.29) is 40.5 Å². The zero-order chi connectivity index (χ0) is 28.9. The fourth-order valence-corrected chi connectivity index (χ4v) is 5.80. The Labute approximate surface area is 250 Å². The average Bonchev–Trinajstić information content (AvgIpc) is 2.83. The molecule has 0 spiro atoms. The first-order valence-electron chi connectivity index (χ1n) is 14.4. The molecule has 0 amide bonds. The molecule has 1 aliphatic heterocycles. The summed E-state index contributed by atoms with van der Waals surface area (Å²) in [7, 11) is -4.71. The van der Waals surface area contributed by atoms with Crippen molar-refractivity contribution in [3.8, 4) is 11.5 Å². The zero-order valence-electron chi connectivity index (χ0n) is 26.9. The third-order valence-corrected chi connectivity index (χ3v) is 10.5. The van der Waals surface area contributed by atoms with E-state index in [1.165, 1.54) is 11.1 Å². The van der Waals surface area contributed by atoms with Crippen molar-refractivity contribution in [2.24, 2.45) is 0 Å². The van der Waals surface area contributed by atoms with Crippen LogP contribution in [0, 0.1) is 0 Å². The molecule has 0 unspecified atom stereocenters. The SMILES string of the molecule is CCC(C)(C)c1cc2c(c(C(C)(C)CC)c1)OP(=O)([O-])Oc1c(cc(C(C)(C)CC)cc1C(C)(C)CC)C2.[Li+]. The molecule has 4 nitrogen and oxygen atoms in total. The minimum Gasteiger partial charge on any atom is -0.736 e. The second-order valence-corrected chi connectivity index (χ2v) is 15.0. The Hall–Kier alpha value is -1.17. The number of benzene rings is 2. The molecule has 6 heteroatoms. The number of rotatable bonds is 8. The summed E-state index contributed by atoms with van der Waals surface area (Å²) in [5, 5.41) is 0. The number of phosphoric ester groups is 1. The van der Waals surface area contributed by atoms with Gasteiger partial charge in [-0.1, -0.05) is 107 Å². The van der Waals surface area contributed by atoms with E-state index >= 15 is 0 Å². The first-order chi connectivity index (χ1) is 17.3. The second-order valence-electron chi connectivity index (χ2n) is 13.8. The summed E-state index contributed by atoms with van der Waals surface area (Å²) < 4.78 is 25.3. The Kier molecular flexibility index (Phi) is 10.1. The Morgan fingerprint density at radius 1 is 0.641 bits per heavy atom. The van der Waals surface area contributed by atoms with Crippen molar-refractivity contribution in [2.45, 2.75) is 137 Å². The molecular formula is C33H50LiO4P. The largest absolute Gasteiger partial charge is 1.00 e. The molecule has 1 heterocycles. The van der Waals surface area contributed by atoms with Gasteiger partial charge in [0.15, 0.2) is 0 Å². The summed E-state index contributed by atoms with van der Waals surface area (Å²) in [5.41, 5.74) is 5.44. The molecule has 0 saturated heterocycles. The quantitative estimate of drug-likeness (QED) is 0.288. The average molecular weight is 549 g/mol. The normalized spacial score (nSPS) is 15.6. The molecule has 212 valence electrons. The van der Waals surface area contributed by atoms with Gasteiger partial charge in [0.2, 0.25) is 0 Å². The summed E-state index contributed by atoms with van der Waals surface area (Å²) in [6.45, 7) is 26.3. The van der Waals surface area contributed by atoms with Gasteiger partial charge in [-0.05, 0) is 69.6 Å². The van der Waals surface area contributed by atoms with Gasteiger partial charge in [-0.15, -0.1) is 0 Å². The monoisotopic (exact) mass is 548 g/mol. The fourth-order valence-electron chi connectivity index (χ4n) is 4.88. The molecule has 39 heavy (non-hydrogen) atoms. The molecule has 0 aromatic heterocycles. The van der Waals surface area contributed by atoms with Crippen LogP contribution in [0.3, 0.4) is 0 Å². The minimum absolute atomic E-state index is 0. The van der Waals surface area contributed by atoms with E-state index in [4.69, 9.17) is 9.05 Å². The van der Waals surface area contributed by atoms with E-state index in [9.17, 15) is 9.46 Å². The smallest absolute Gasteiger partial charge is 0.736 e. The fraction of sp³-hybridized carbons (Fsp3) is 0.636. The van der Waals surface area contributed by atoms with Crippen molar-refractivity contribution >= 4 is 7.82 Å². The number of hydrogen-bond acceptors (Lipinski definition) is 4. The molecule has 0 fully saturated rings. The first-order valence-corrected chi connectivity index (χ1v) is 15.9. The topological polar surface area (TPSA) is 58.6 Å². The maximum Gasteiger partial charge on any atom is 1.00 e. The Balaban J connectivity index is 0.00000533. The van der Waals surface area contributed by atoms with Crippen molar-refractivity contribution in [3.63, 3.8) is 0 Å². The Bertz CT molecular complexity index is 1150. The van der Waals surface area contributed by atoms with Gasteiger partial charge in [0, 0.05) is 17.5 Å². The van der Waals surface area contributed by atoms with Crippen LogP contribution in [0.1, 0.15) is 142 Å². The van der Waals surface area contributed by atoms with E-state index in [1.54, 1.807) is 0 Å². The number of phosphoric acid groups is 1. The minimum atomic E-state index is -4.71. The summed E-state index contributed by atoms with van der Waals surface area (Å²) in [6.07, 6.45) is 4.20. The van der Waals surface area contributed by atoms with Gasteiger partial charge in [-0.2, -0.15) is 0 Å². The molecule has 0 radical (unpaired) electrons. The molecule has 0 saturated carbocycles. The zero-order valence-corrected chi connectivity index (χ0v) is 27.8. The molecule has 0 atom stereocenters. The van der Waals surface area contributed by atoms with Crippen molar-refractivity contribution < 1.29 is 37.4 Å². The van der Waals surface area contributed by atoms with Crippen LogP contribution in [0.15, 0.2) is 24.3 Å². The predicted octanol–water partition coefficient (Wildman–Crippen LogP) is 6.27. The van der Waals surface area contributed by atoms with Crippen LogP contribution in [0.25, 0.3) is 0 Å². The standard InChI is InChI=1S/C33H51O4P.Li/c1-13-30(5,6)24-18-22-17-23-19-25(31(7,8)14-2)21-27(33(11,12)16-4)29(23)37-38(34,35)36-28(22)26(20-24)32(9,10)15-3;/h18-21H,13-17H2,1-12H3,(H,34,35);/q;+1/p-1. The summed E-state index contributed by atoms with van der Waals surface area (Å²) in [6, 6.07) is 8.67. The molecule has 0 bridgehead atoms. The van der Waals surface area contributed by atoms with Gasteiger partial charge >= 0.3 is 26.7 Å². The van der Waals surface area contributed by atoms with Gasteiger partial charge in [-0.25, -0.2) is 4.57 Å². The molecule has 1 aliphatic rings. The number of hydrogen-bond donors (Lipinski definition) is 0. The molecule has 2 aromatic rings. The molecule has 0 N–H and O–H groups in total. The predicted molar refractivity (Wildman–Crippen MR) is 158 cm³/mol. The summed E-state index contributed by atoms with van der Waals surface area (Å²) >= 11 is 0. The van der Waals surface area contributed by atoms with Gasteiger partial charge in [0.05, 0.1) is 0 Å². The molecule has 0 aliphatic carbocycles. The Morgan fingerprint density at radius 3 is 1.23 bits per heavy atom. The maximum atomic E-state index is 13.5. The van der Waals surface area contributed by atoms with Crippen LogP contribution in [0.5, 0.6) is 11.5 Å². The third kappa shape index (κ3) is 6.84. The number of fused-ring (bicyclic) bond motifs is 2. The van der Waals surface area contributed by atoms with Crippen molar-refractivity contribution in [1.29, 1.82) is 0 Å². The van der Waals surface area contributed by atoms with Crippen LogP contribution >= 0.6 is 7.82 Å². The van der Waals surface area contributed by atoms with Gasteiger partial charge in [0.25, 0.3) is 0 Å². The van der Waals surface area contributed by atoms with Crippen molar-refractivity contribution in [1.82, 2.24) is 0 Å². The molecule has 2 aromatic carbocycles. The van der Waals surface area contributed by atoms with Crippen LogP contribution < -0.4 is 32.8 Å². The van der Waals surface area contributed by atoms with E-state index in [0.717, 1.165) is 47.9 Å². The van der Waals surface area contributed by atoms with Gasteiger partial charge < -0.3 is 13.9 Å². The maximum absolute atomic E-state index is 13.5. The van der Waals surface area contributed by atoms with E-state index in [1.807, 2.05) is 0 Å². The van der Waals surface area contributed by atoms with Gasteiger partial charge in [0.1, 0.15) is 11.5 Å². The second kappa shape index (κ2) is 11.6. The first kappa shape index (κ1) is 34.0. The van der Waals surface area contributed by atoms with Crippen LogP contribution in [-0.2, 0) is 32.6 Å². The van der Waals surface area contributed by atoms with Gasteiger partial charge in [-0.3, -0.25) is 0 Å². The Morgan fingerprint density at radius 2 is 0.949 bits per heavy atom. The molecule has 3 rings (SSSR count). The van der Waals surface area contributed by atoms with Crippen LogP contribution in [0.4, 0.5) is 0 Å². The molecular weight excluding hydrogens is 498 g/mol. The van der Waals surface area contributed by atoms with E-state index < -0.39 is 7.82 Å². The van der Waals surface area contributed by atoms with Crippen molar-refractivity contribution in [3.05, 3.63) is 57.6 Å². The van der Waals surface area contributed by atoms with E-state index in [2.05, 4.69) is 107 Å². The van der Waals surface area contributed by atoms with Crippen LogP contribution in [-0.4, -0.2) is 0 Å². The van der Waals surface area contributed by atoms with Crippen molar-refractivity contribution in [2.75, 3.05) is 0 Å².